The zero-order valence-corrected chi connectivity index (χ0v) is 19.6. The zero-order valence-electron chi connectivity index (χ0n) is 18.1. The molecule has 2 aromatic carbocycles. The smallest absolute Gasteiger partial charge is 0.231 e. The van der Waals surface area contributed by atoms with Crippen LogP contribution in [0, 0.1) is 6.92 Å². The van der Waals surface area contributed by atoms with E-state index in [0.717, 1.165) is 22.5 Å². The minimum Gasteiger partial charge on any atom is -0.469 e. The van der Waals surface area contributed by atoms with Crippen LogP contribution >= 0.6 is 23.4 Å². The molecule has 4 rings (SSSR count). The molecule has 0 saturated carbocycles. The van der Waals surface area contributed by atoms with Crippen molar-refractivity contribution in [3.05, 3.63) is 101 Å². The lowest BCUT2D eigenvalue weighted by Gasteiger charge is -2.20. The minimum atomic E-state index is -0.285. The number of benzene rings is 2. The Morgan fingerprint density at radius 2 is 1.88 bits per heavy atom. The van der Waals surface area contributed by atoms with Crippen LogP contribution in [-0.4, -0.2) is 26.4 Å². The maximum absolute atomic E-state index is 12.9. The molecule has 0 aliphatic rings. The number of nitrogens with one attached hydrogen (secondary N) is 1. The summed E-state index contributed by atoms with van der Waals surface area (Å²) < 4.78 is 7.34. The first-order valence-electron chi connectivity index (χ1n) is 10.4. The predicted octanol–water partition coefficient (Wildman–Crippen LogP) is 5.68. The van der Waals surface area contributed by atoms with E-state index in [2.05, 4.69) is 22.1 Å². The van der Waals surface area contributed by atoms with Gasteiger partial charge in [-0.25, -0.2) is 0 Å². The van der Waals surface area contributed by atoms with Gasteiger partial charge in [0.15, 0.2) is 11.0 Å². The minimum absolute atomic E-state index is 0.113. The lowest BCUT2D eigenvalue weighted by atomic mass is 9.99. The van der Waals surface area contributed by atoms with Gasteiger partial charge in [0.25, 0.3) is 0 Å². The normalized spacial score (nSPS) is 11.8. The number of thioether (sulfide) groups is 1. The quantitative estimate of drug-likeness (QED) is 0.247. The summed E-state index contributed by atoms with van der Waals surface area (Å²) in [5, 5.41) is 13.1. The molecule has 0 spiro atoms. The van der Waals surface area contributed by atoms with Crippen LogP contribution in [-0.2, 0) is 11.3 Å². The van der Waals surface area contributed by atoms with E-state index in [1.165, 1.54) is 11.8 Å². The fourth-order valence-electron chi connectivity index (χ4n) is 3.50. The van der Waals surface area contributed by atoms with E-state index in [1.54, 1.807) is 12.3 Å². The van der Waals surface area contributed by atoms with Crippen molar-refractivity contribution in [2.75, 3.05) is 5.75 Å². The Hall–Kier alpha value is -3.29. The van der Waals surface area contributed by atoms with Crippen LogP contribution in [0.3, 0.4) is 0 Å². The molecule has 0 bridgehead atoms. The van der Waals surface area contributed by atoms with E-state index < -0.39 is 0 Å². The number of carbonyl (C=O) groups excluding carboxylic acids is 1. The molecule has 8 heteroatoms. The Morgan fingerprint density at radius 1 is 1.15 bits per heavy atom. The number of furan rings is 1. The van der Waals surface area contributed by atoms with Crippen molar-refractivity contribution in [1.82, 2.24) is 20.1 Å². The lowest BCUT2D eigenvalue weighted by Crippen LogP contribution is -2.30. The molecule has 1 N–H and O–H groups in total. The van der Waals surface area contributed by atoms with Gasteiger partial charge < -0.3 is 9.73 Å². The van der Waals surface area contributed by atoms with Gasteiger partial charge in [-0.2, -0.15) is 0 Å². The topological polar surface area (TPSA) is 73.0 Å². The second-order valence-corrected chi connectivity index (χ2v) is 8.73. The first-order valence-corrected chi connectivity index (χ1v) is 11.7. The zero-order chi connectivity index (χ0) is 23.2. The van der Waals surface area contributed by atoms with Gasteiger partial charge in [0.1, 0.15) is 5.76 Å². The largest absolute Gasteiger partial charge is 0.469 e. The standard InChI is InChI=1S/C25H23ClN4O2S/c1-3-14-30-24(21-13-15-32-17(21)2)28-29-25(30)33-16-22(31)27-23(18-7-5-4-6-8-18)19-9-11-20(26)12-10-19/h3-13,15,23H,1,14,16H2,2H3,(H,27,31)/t23-/m1/s1. The fraction of sp³-hybridized carbons (Fsp3) is 0.160. The maximum Gasteiger partial charge on any atom is 0.231 e. The molecule has 4 aromatic rings. The Bertz CT molecular complexity index is 1240. The summed E-state index contributed by atoms with van der Waals surface area (Å²) in [7, 11) is 0. The molecule has 168 valence electrons. The van der Waals surface area contributed by atoms with E-state index in [1.807, 2.05) is 72.2 Å². The highest BCUT2D eigenvalue weighted by Gasteiger charge is 2.20. The molecule has 1 amide bonds. The Labute approximate surface area is 201 Å². The average Bonchev–Trinajstić information content (AvgIpc) is 3.43. The van der Waals surface area contributed by atoms with Crippen LogP contribution in [0.1, 0.15) is 22.9 Å². The van der Waals surface area contributed by atoms with E-state index in [4.69, 9.17) is 16.0 Å². The number of carbonyl (C=O) groups is 1. The van der Waals surface area contributed by atoms with Crippen LogP contribution in [0.25, 0.3) is 11.4 Å². The summed E-state index contributed by atoms with van der Waals surface area (Å²) in [4.78, 5) is 12.9. The number of nitrogens with zero attached hydrogens (tertiary/aromatic N) is 3. The fourth-order valence-corrected chi connectivity index (χ4v) is 4.38. The Morgan fingerprint density at radius 3 is 2.55 bits per heavy atom. The van der Waals surface area contributed by atoms with Gasteiger partial charge in [0.05, 0.1) is 23.6 Å². The second-order valence-electron chi connectivity index (χ2n) is 7.35. The van der Waals surface area contributed by atoms with Crippen molar-refractivity contribution < 1.29 is 9.21 Å². The van der Waals surface area contributed by atoms with Gasteiger partial charge in [-0.05, 0) is 36.2 Å². The predicted molar refractivity (Wildman–Crippen MR) is 131 cm³/mol. The third kappa shape index (κ3) is 5.38. The molecular weight excluding hydrogens is 456 g/mol. The highest BCUT2D eigenvalue weighted by Crippen LogP contribution is 2.28. The lowest BCUT2D eigenvalue weighted by molar-refractivity contribution is -0.119. The van der Waals surface area contributed by atoms with Crippen molar-refractivity contribution in [3.8, 4) is 11.4 Å². The number of aromatic nitrogens is 3. The highest BCUT2D eigenvalue weighted by atomic mass is 35.5. The maximum atomic E-state index is 12.9. The first-order chi connectivity index (χ1) is 16.1. The summed E-state index contributed by atoms with van der Waals surface area (Å²) in [5.74, 6) is 1.53. The SMILES string of the molecule is C=CCn1c(SCC(=O)N[C@H](c2ccccc2)c2ccc(Cl)cc2)nnc1-c1ccoc1C. The van der Waals surface area contributed by atoms with E-state index in [9.17, 15) is 4.79 Å². The van der Waals surface area contributed by atoms with Crippen molar-refractivity contribution in [3.63, 3.8) is 0 Å². The molecule has 0 fully saturated rings. The third-order valence-electron chi connectivity index (χ3n) is 5.10. The summed E-state index contributed by atoms with van der Waals surface area (Å²) >= 11 is 7.39. The second kappa shape index (κ2) is 10.6. The number of halogens is 1. The third-order valence-corrected chi connectivity index (χ3v) is 6.32. The molecule has 0 aliphatic heterocycles. The Balaban J connectivity index is 1.51. The van der Waals surface area contributed by atoms with E-state index >= 15 is 0 Å². The number of allylic oxidation sites excluding steroid dienone is 1. The summed E-state index contributed by atoms with van der Waals surface area (Å²) in [6.45, 7) is 6.23. The van der Waals surface area contributed by atoms with Crippen LogP contribution in [0.15, 0.2) is 89.2 Å². The van der Waals surface area contributed by atoms with Crippen LogP contribution < -0.4 is 5.32 Å². The van der Waals surface area contributed by atoms with E-state index in [-0.39, 0.29) is 17.7 Å². The van der Waals surface area contributed by atoms with Gasteiger partial charge in [-0.3, -0.25) is 9.36 Å². The van der Waals surface area contributed by atoms with Gasteiger partial charge in [-0.15, -0.1) is 16.8 Å². The number of rotatable bonds is 9. The van der Waals surface area contributed by atoms with Crippen molar-refractivity contribution in [1.29, 1.82) is 0 Å². The highest BCUT2D eigenvalue weighted by molar-refractivity contribution is 7.99. The molecule has 0 aliphatic carbocycles. The first kappa shape index (κ1) is 22.9. The molecule has 2 aromatic heterocycles. The molecule has 6 nitrogen and oxygen atoms in total. The molecule has 33 heavy (non-hydrogen) atoms. The molecular formula is C25H23ClN4O2S. The monoisotopic (exact) mass is 478 g/mol. The molecule has 0 unspecified atom stereocenters. The number of amides is 1. The Kier molecular flexibility index (Phi) is 7.32. The van der Waals surface area contributed by atoms with Crippen molar-refractivity contribution in [2.45, 2.75) is 24.7 Å². The summed E-state index contributed by atoms with van der Waals surface area (Å²) in [6, 6.07) is 18.9. The van der Waals surface area contributed by atoms with Gasteiger partial charge in [0, 0.05) is 11.6 Å². The molecule has 1 atom stereocenters. The van der Waals surface area contributed by atoms with Crippen LogP contribution in [0.2, 0.25) is 5.02 Å². The number of aryl methyl sites for hydroxylation is 1. The van der Waals surface area contributed by atoms with Crippen LogP contribution in [0.4, 0.5) is 0 Å². The molecule has 0 radical (unpaired) electrons. The van der Waals surface area contributed by atoms with Crippen LogP contribution in [0.5, 0.6) is 0 Å². The number of hydrogen-bond donors (Lipinski definition) is 1. The van der Waals surface area contributed by atoms with Crippen molar-refractivity contribution in [2.24, 2.45) is 0 Å². The summed E-state index contributed by atoms with van der Waals surface area (Å²) in [6.07, 6.45) is 3.40. The average molecular weight is 479 g/mol. The van der Waals surface area contributed by atoms with Gasteiger partial charge in [0.2, 0.25) is 5.91 Å². The summed E-state index contributed by atoms with van der Waals surface area (Å²) in [5.41, 5.74) is 2.81. The van der Waals surface area contributed by atoms with Gasteiger partial charge in [-0.1, -0.05) is 71.9 Å². The van der Waals surface area contributed by atoms with Crippen molar-refractivity contribution >= 4 is 29.3 Å². The molecule has 0 saturated heterocycles. The molecule has 2 heterocycles. The van der Waals surface area contributed by atoms with Gasteiger partial charge >= 0.3 is 0 Å². The number of hydrogen-bond acceptors (Lipinski definition) is 5. The van der Waals surface area contributed by atoms with E-state index in [0.29, 0.717) is 22.5 Å².